The van der Waals surface area contributed by atoms with Crippen molar-refractivity contribution in [2.45, 2.75) is 13.5 Å². The molecule has 0 aliphatic rings. The van der Waals surface area contributed by atoms with Gasteiger partial charge in [-0.2, -0.15) is 9.61 Å². The SMILES string of the molecule is CCn1ccc(=O)n2nc(-c3ccc(Br)cc3)cc12. The predicted molar refractivity (Wildman–Crippen MR) is 78.3 cm³/mol. The minimum Gasteiger partial charge on any atom is -0.333 e. The topological polar surface area (TPSA) is 39.3 Å². The number of nitrogens with zero attached hydrogens (tertiary/aromatic N) is 3. The van der Waals surface area contributed by atoms with E-state index < -0.39 is 0 Å². The summed E-state index contributed by atoms with van der Waals surface area (Å²) >= 11 is 3.41. The Kier molecular flexibility index (Phi) is 2.98. The zero-order chi connectivity index (χ0) is 13.4. The molecule has 0 aliphatic heterocycles. The van der Waals surface area contributed by atoms with Crippen LogP contribution in [0.25, 0.3) is 16.9 Å². The number of aryl methyl sites for hydroxylation is 1. The highest BCUT2D eigenvalue weighted by Crippen LogP contribution is 2.21. The summed E-state index contributed by atoms with van der Waals surface area (Å²) in [6.45, 7) is 2.84. The molecule has 0 spiro atoms. The van der Waals surface area contributed by atoms with Gasteiger partial charge in [0.05, 0.1) is 5.69 Å². The van der Waals surface area contributed by atoms with Crippen LogP contribution < -0.4 is 5.56 Å². The molecule has 0 amide bonds. The zero-order valence-corrected chi connectivity index (χ0v) is 12.0. The van der Waals surface area contributed by atoms with Crippen molar-refractivity contribution in [3.63, 3.8) is 0 Å². The van der Waals surface area contributed by atoms with Gasteiger partial charge in [-0.05, 0) is 19.1 Å². The van der Waals surface area contributed by atoms with E-state index in [4.69, 9.17) is 0 Å². The van der Waals surface area contributed by atoms with Crippen LogP contribution >= 0.6 is 15.9 Å². The molecule has 2 heterocycles. The maximum absolute atomic E-state index is 11.8. The summed E-state index contributed by atoms with van der Waals surface area (Å²) in [5.41, 5.74) is 2.50. The molecule has 0 atom stereocenters. The fraction of sp³-hybridized carbons (Fsp3) is 0.143. The number of fused-ring (bicyclic) bond motifs is 1. The van der Waals surface area contributed by atoms with E-state index in [1.54, 1.807) is 6.20 Å². The summed E-state index contributed by atoms with van der Waals surface area (Å²) in [5, 5.41) is 4.39. The van der Waals surface area contributed by atoms with E-state index in [9.17, 15) is 4.79 Å². The quantitative estimate of drug-likeness (QED) is 0.729. The standard InChI is InChI=1S/C14H12BrN3O/c1-2-17-8-7-14(19)18-13(17)9-12(16-18)10-3-5-11(15)6-4-10/h3-9H,2H2,1H3. The van der Waals surface area contributed by atoms with Crippen LogP contribution in [0.5, 0.6) is 0 Å². The van der Waals surface area contributed by atoms with Crippen LogP contribution in [0, 0.1) is 0 Å². The lowest BCUT2D eigenvalue weighted by molar-refractivity contribution is 0.739. The first kappa shape index (κ1) is 12.2. The summed E-state index contributed by atoms with van der Waals surface area (Å²) in [6, 6.07) is 11.4. The minimum absolute atomic E-state index is 0.108. The Hall–Kier alpha value is -1.88. The van der Waals surface area contributed by atoms with Gasteiger partial charge in [0.1, 0.15) is 5.65 Å². The maximum atomic E-state index is 11.8. The molecule has 0 fully saturated rings. The Labute approximate surface area is 118 Å². The van der Waals surface area contributed by atoms with E-state index in [1.807, 2.05) is 41.8 Å². The predicted octanol–water partition coefficient (Wildman–Crippen LogP) is 2.95. The highest BCUT2D eigenvalue weighted by molar-refractivity contribution is 9.10. The second-order valence-electron chi connectivity index (χ2n) is 4.25. The molecule has 0 N–H and O–H groups in total. The van der Waals surface area contributed by atoms with Crippen LogP contribution in [0.15, 0.2) is 51.9 Å². The minimum atomic E-state index is -0.108. The van der Waals surface area contributed by atoms with Gasteiger partial charge in [0.25, 0.3) is 5.56 Å². The lowest BCUT2D eigenvalue weighted by Crippen LogP contribution is -2.16. The van der Waals surface area contributed by atoms with E-state index >= 15 is 0 Å². The van der Waals surface area contributed by atoms with Crippen molar-refractivity contribution in [3.05, 3.63) is 57.4 Å². The van der Waals surface area contributed by atoms with E-state index in [0.717, 1.165) is 27.9 Å². The smallest absolute Gasteiger partial charge is 0.274 e. The third kappa shape index (κ3) is 2.10. The summed E-state index contributed by atoms with van der Waals surface area (Å²) < 4.78 is 4.46. The third-order valence-corrected chi connectivity index (χ3v) is 3.60. The Balaban J connectivity index is 2.24. The van der Waals surface area contributed by atoms with Crippen LogP contribution in [0.4, 0.5) is 0 Å². The normalized spacial score (nSPS) is 11.1. The Morgan fingerprint density at radius 1 is 1.21 bits per heavy atom. The van der Waals surface area contributed by atoms with Crippen molar-refractivity contribution >= 4 is 21.6 Å². The van der Waals surface area contributed by atoms with Crippen LogP contribution in [0.3, 0.4) is 0 Å². The van der Waals surface area contributed by atoms with Crippen molar-refractivity contribution in [2.75, 3.05) is 0 Å². The molecule has 19 heavy (non-hydrogen) atoms. The molecule has 0 bridgehead atoms. The first-order valence-electron chi connectivity index (χ1n) is 6.04. The van der Waals surface area contributed by atoms with Gasteiger partial charge >= 0.3 is 0 Å². The highest BCUT2D eigenvalue weighted by Gasteiger charge is 2.08. The Morgan fingerprint density at radius 2 is 1.95 bits per heavy atom. The van der Waals surface area contributed by atoms with Crippen LogP contribution in [-0.4, -0.2) is 14.2 Å². The van der Waals surface area contributed by atoms with Gasteiger partial charge < -0.3 is 4.57 Å². The third-order valence-electron chi connectivity index (χ3n) is 3.07. The van der Waals surface area contributed by atoms with Gasteiger partial charge in [-0.1, -0.05) is 28.1 Å². The lowest BCUT2D eigenvalue weighted by Gasteiger charge is -2.02. The lowest BCUT2D eigenvalue weighted by atomic mass is 10.2. The number of hydrogen-bond donors (Lipinski definition) is 0. The van der Waals surface area contributed by atoms with Gasteiger partial charge in [-0.15, -0.1) is 0 Å². The number of hydrogen-bond acceptors (Lipinski definition) is 2. The van der Waals surface area contributed by atoms with Gasteiger partial charge in [0, 0.05) is 34.9 Å². The summed E-state index contributed by atoms with van der Waals surface area (Å²) in [6.07, 6.45) is 1.80. The molecule has 3 rings (SSSR count). The molecular formula is C14H12BrN3O. The average molecular weight is 318 g/mol. The van der Waals surface area contributed by atoms with Crippen LogP contribution in [0.2, 0.25) is 0 Å². The molecule has 2 aromatic heterocycles. The second-order valence-corrected chi connectivity index (χ2v) is 5.16. The van der Waals surface area contributed by atoms with Crippen LogP contribution in [-0.2, 0) is 6.54 Å². The van der Waals surface area contributed by atoms with Crippen molar-refractivity contribution in [1.82, 2.24) is 14.2 Å². The molecule has 1 aromatic carbocycles. The Bertz CT molecular complexity index is 787. The molecule has 96 valence electrons. The molecule has 0 saturated heterocycles. The molecular weight excluding hydrogens is 306 g/mol. The summed E-state index contributed by atoms with van der Waals surface area (Å²) in [5.74, 6) is 0. The first-order valence-corrected chi connectivity index (χ1v) is 6.83. The Morgan fingerprint density at radius 3 is 2.63 bits per heavy atom. The second kappa shape index (κ2) is 4.66. The fourth-order valence-corrected chi connectivity index (χ4v) is 2.33. The summed E-state index contributed by atoms with van der Waals surface area (Å²) in [7, 11) is 0. The number of halogens is 1. The van der Waals surface area contributed by atoms with E-state index in [1.165, 1.54) is 10.6 Å². The van der Waals surface area contributed by atoms with Crippen molar-refractivity contribution in [3.8, 4) is 11.3 Å². The monoisotopic (exact) mass is 317 g/mol. The summed E-state index contributed by atoms with van der Waals surface area (Å²) in [4.78, 5) is 11.8. The van der Waals surface area contributed by atoms with Gasteiger partial charge in [-0.25, -0.2) is 0 Å². The molecule has 0 aliphatic carbocycles. The number of benzene rings is 1. The first-order chi connectivity index (χ1) is 9.19. The van der Waals surface area contributed by atoms with Crippen molar-refractivity contribution in [2.24, 2.45) is 0 Å². The molecule has 3 aromatic rings. The van der Waals surface area contributed by atoms with Gasteiger partial charge in [0.15, 0.2) is 0 Å². The van der Waals surface area contributed by atoms with E-state index in [2.05, 4.69) is 21.0 Å². The fourth-order valence-electron chi connectivity index (χ4n) is 2.07. The molecule has 0 unspecified atom stereocenters. The van der Waals surface area contributed by atoms with Gasteiger partial charge in [-0.3, -0.25) is 4.79 Å². The van der Waals surface area contributed by atoms with Crippen molar-refractivity contribution in [1.29, 1.82) is 0 Å². The van der Waals surface area contributed by atoms with Gasteiger partial charge in [0.2, 0.25) is 0 Å². The molecule has 5 heteroatoms. The maximum Gasteiger partial charge on any atom is 0.274 e. The molecule has 4 nitrogen and oxygen atoms in total. The average Bonchev–Trinajstić information content (AvgIpc) is 2.86. The number of aromatic nitrogens is 3. The van der Waals surface area contributed by atoms with E-state index in [-0.39, 0.29) is 5.56 Å². The molecule has 0 saturated carbocycles. The molecule has 0 radical (unpaired) electrons. The van der Waals surface area contributed by atoms with Crippen LogP contribution in [0.1, 0.15) is 6.92 Å². The zero-order valence-electron chi connectivity index (χ0n) is 10.4. The highest BCUT2D eigenvalue weighted by atomic mass is 79.9. The number of rotatable bonds is 2. The largest absolute Gasteiger partial charge is 0.333 e. The van der Waals surface area contributed by atoms with E-state index in [0.29, 0.717) is 0 Å². The van der Waals surface area contributed by atoms with Crippen molar-refractivity contribution < 1.29 is 0 Å².